The van der Waals surface area contributed by atoms with Gasteiger partial charge in [-0.05, 0) is 62.2 Å². The zero-order valence-corrected chi connectivity index (χ0v) is 26.3. The van der Waals surface area contributed by atoms with Crippen molar-refractivity contribution in [1.82, 2.24) is 20.1 Å². The second-order valence-corrected chi connectivity index (χ2v) is 13.2. The molecule has 5 heterocycles. The van der Waals surface area contributed by atoms with Gasteiger partial charge in [-0.2, -0.15) is 0 Å². The first-order valence-electron chi connectivity index (χ1n) is 16.5. The van der Waals surface area contributed by atoms with Crippen LogP contribution >= 0.6 is 0 Å². The van der Waals surface area contributed by atoms with Gasteiger partial charge < -0.3 is 29.2 Å². The number of benzene rings is 2. The van der Waals surface area contributed by atoms with Crippen LogP contribution in [0, 0.1) is 24.0 Å². The van der Waals surface area contributed by atoms with E-state index in [1.54, 1.807) is 18.2 Å². The Bertz CT molecular complexity index is 1990. The lowest BCUT2D eigenvalue weighted by molar-refractivity contribution is -0.0256. The Morgan fingerprint density at radius 2 is 2.09 bits per heavy atom. The van der Waals surface area contributed by atoms with E-state index in [9.17, 15) is 5.80 Å². The van der Waals surface area contributed by atoms with Gasteiger partial charge in [0.25, 0.3) is 0 Å². The highest BCUT2D eigenvalue weighted by molar-refractivity contribution is 6.01. The Morgan fingerprint density at radius 3 is 2.85 bits per heavy atom. The molecule has 5 aliphatic rings. The first-order chi connectivity index (χ1) is 23.2. The van der Waals surface area contributed by atoms with Gasteiger partial charge in [-0.1, -0.05) is 12.0 Å². The molecule has 1 aromatic heterocycles. The molecule has 47 heavy (non-hydrogen) atoms. The van der Waals surface area contributed by atoms with Gasteiger partial charge in [-0.3, -0.25) is 4.90 Å². The fourth-order valence-electron chi connectivity index (χ4n) is 7.99. The average molecular weight is 649 g/mol. The Kier molecular flexibility index (Phi) is 6.99. The second-order valence-electron chi connectivity index (χ2n) is 13.2. The molecule has 0 amide bonds. The molecule has 0 radical (unpaired) electrons. The number of nitrogens with one attached hydrogen (secondary N) is 1. The molecule has 1 saturated carbocycles. The van der Waals surface area contributed by atoms with Crippen molar-refractivity contribution in [1.29, 1.82) is 0 Å². The van der Waals surface area contributed by atoms with Crippen LogP contribution in [0.4, 0.5) is 13.2 Å². The van der Waals surface area contributed by atoms with Crippen LogP contribution in [0.3, 0.4) is 0 Å². The largest absolute Gasteiger partial charge is 0.475 e. The number of alkyl halides is 1. The smallest absolute Gasteiger partial charge is 0.227 e. The summed E-state index contributed by atoms with van der Waals surface area (Å²) in [7, 11) is 3.35. The van der Waals surface area contributed by atoms with Gasteiger partial charge >= 0.3 is 0 Å². The highest BCUT2D eigenvalue weighted by Gasteiger charge is 2.50. The third-order valence-corrected chi connectivity index (χ3v) is 10.6. The Morgan fingerprint density at radius 1 is 1.23 bits per heavy atom. The van der Waals surface area contributed by atoms with Gasteiger partial charge in [0.05, 0.1) is 17.7 Å². The minimum atomic E-state index is -1.23. The van der Waals surface area contributed by atoms with E-state index in [-0.39, 0.29) is 58.7 Å². The summed E-state index contributed by atoms with van der Waals surface area (Å²) in [6.07, 6.45) is 8.25. The Labute approximate surface area is 271 Å². The van der Waals surface area contributed by atoms with Crippen LogP contribution in [0.2, 0.25) is 1.41 Å². The maximum atomic E-state index is 17.2. The van der Waals surface area contributed by atoms with Crippen molar-refractivity contribution >= 4 is 16.6 Å². The molecule has 2 aromatic carbocycles. The molecular weight excluding hydrogens is 611 g/mol. The lowest BCUT2D eigenvalue weighted by atomic mass is 9.76. The predicted molar refractivity (Wildman–Crippen MR) is 167 cm³/mol. The number of nitrogens with zero attached hydrogens (tertiary/aromatic N) is 4. The van der Waals surface area contributed by atoms with E-state index in [0.29, 0.717) is 29.9 Å². The monoisotopic (exact) mass is 648 g/mol. The number of ether oxygens (including phenoxy) is 4. The van der Waals surface area contributed by atoms with E-state index in [4.69, 9.17) is 30.4 Å². The van der Waals surface area contributed by atoms with E-state index >= 15 is 8.78 Å². The molecule has 2 saturated heterocycles. The molecule has 1 spiro atoms. The summed E-state index contributed by atoms with van der Waals surface area (Å²) in [6.45, 7) is 1.46. The third kappa shape index (κ3) is 4.73. The van der Waals surface area contributed by atoms with E-state index in [0.717, 1.165) is 44.0 Å². The number of halogens is 3. The quantitative estimate of drug-likeness (QED) is 0.308. The minimum absolute atomic E-state index is 0.0505. The van der Waals surface area contributed by atoms with Crippen LogP contribution < -0.4 is 25.4 Å². The maximum Gasteiger partial charge on any atom is 0.227 e. The number of pyridine rings is 1. The number of hydrogen-bond acceptors (Lipinski definition) is 9. The van der Waals surface area contributed by atoms with Crippen LogP contribution in [-0.2, 0) is 9.47 Å². The highest BCUT2D eigenvalue weighted by Crippen LogP contribution is 2.43. The number of aromatic nitrogens is 1. The van der Waals surface area contributed by atoms with Gasteiger partial charge in [0.15, 0.2) is 14.0 Å². The molecule has 1 N–H and O–H groups in total. The number of rotatable bonds is 7. The summed E-state index contributed by atoms with van der Waals surface area (Å²) in [5.41, 5.74) is -0.948. The summed E-state index contributed by atoms with van der Waals surface area (Å²) in [5.74, 6) is 1.76. The zero-order chi connectivity index (χ0) is 33.4. The van der Waals surface area contributed by atoms with Gasteiger partial charge in [0, 0.05) is 43.6 Å². The molecule has 4 aliphatic heterocycles. The summed E-state index contributed by atoms with van der Waals surface area (Å²) >= 11 is 0. The predicted octanol–water partition coefficient (Wildman–Crippen LogP) is 3.56. The number of likely N-dealkylation sites (N-methyl/N-ethyl adjacent to an activating group) is 1. The average Bonchev–Trinajstić information content (AvgIpc) is 3.53. The van der Waals surface area contributed by atoms with Gasteiger partial charge in [0.2, 0.25) is 12.2 Å². The van der Waals surface area contributed by atoms with Crippen LogP contribution in [0.5, 0.6) is 11.6 Å². The number of terminal acetylenes is 1. The summed E-state index contributed by atoms with van der Waals surface area (Å²) < 4.78 is 79.7. The Balaban J connectivity index is 1.33. The molecule has 1 unspecified atom stereocenters. The molecule has 3 fully saturated rings. The summed E-state index contributed by atoms with van der Waals surface area (Å²) in [5, 5.41) is 2.09. The molecular formula is C35H36F3N5O4. The first-order valence-corrected chi connectivity index (χ1v) is 16.0. The van der Waals surface area contributed by atoms with Crippen molar-refractivity contribution in [2.75, 3.05) is 47.3 Å². The maximum absolute atomic E-state index is 17.2. The molecule has 1 aliphatic carbocycles. The fourth-order valence-corrected chi connectivity index (χ4v) is 7.99. The van der Waals surface area contributed by atoms with Gasteiger partial charge in [0.1, 0.15) is 46.4 Å². The van der Waals surface area contributed by atoms with Crippen molar-refractivity contribution in [2.24, 2.45) is 4.99 Å². The lowest BCUT2D eigenvalue weighted by Crippen LogP contribution is -2.59. The minimum Gasteiger partial charge on any atom is -0.475 e. The molecule has 3 aromatic rings. The molecule has 8 rings (SSSR count). The van der Waals surface area contributed by atoms with Gasteiger partial charge in [-0.15, -0.1) is 6.42 Å². The van der Waals surface area contributed by atoms with Crippen molar-refractivity contribution in [3.05, 3.63) is 52.0 Å². The van der Waals surface area contributed by atoms with Crippen molar-refractivity contribution in [2.45, 2.75) is 62.1 Å². The highest BCUT2D eigenvalue weighted by atomic mass is 19.1. The second kappa shape index (κ2) is 11.3. The fraction of sp³-hybridized carbons (Fsp3) is 0.486. The molecule has 0 bridgehead atoms. The SMILES string of the molecule is [2H]N1C2=c3c(nc(-c4cc(OCOC)cc5ccc(F)c(C#C)c45)c(F)c3=NC1OC[C@@]13CCCN1C[C@H](F)C3)OCC1(CCC1)N2C. The normalized spacial score (nSPS) is 26.2. The molecule has 246 valence electrons. The number of hydrogen-bond donors (Lipinski definition) is 1. The number of methoxy groups -OCH3 is 1. The first kappa shape index (κ1) is 29.1. The summed E-state index contributed by atoms with van der Waals surface area (Å²) in [4.78, 5) is 13.5. The Hall–Kier alpha value is -4.05. The van der Waals surface area contributed by atoms with Crippen molar-refractivity contribution < 1.29 is 33.5 Å². The summed E-state index contributed by atoms with van der Waals surface area (Å²) in [6, 6.07) is 6.01. The van der Waals surface area contributed by atoms with Crippen LogP contribution in [0.15, 0.2) is 29.3 Å². The van der Waals surface area contributed by atoms with Crippen LogP contribution in [0.25, 0.3) is 27.9 Å². The standard InChI is InChI=1S/C35H36F3N5O4/c1-4-23-25(37)8-7-20-13-22(47-19-44-3)14-24(26(20)23)29-28(38)30-27-31(42(2)34(9-5-10-34)17-45-32(27)39-29)41-33(40-30)46-18-35-11-6-12-43(35)16-21(36)15-35/h1,7-8,13-14,21,33,41H,5-6,9-12,15-19H2,2-3H3/t21-,33?,35+/m1/s1/i/hD. The van der Waals surface area contributed by atoms with Gasteiger partial charge in [-0.25, -0.2) is 23.1 Å². The van der Waals surface area contributed by atoms with E-state index < -0.39 is 35.2 Å². The third-order valence-electron chi connectivity index (χ3n) is 10.6. The topological polar surface area (TPSA) is 80.7 Å². The van der Waals surface area contributed by atoms with Crippen LogP contribution in [0.1, 0.15) is 44.1 Å². The molecule has 3 atom stereocenters. The van der Waals surface area contributed by atoms with Crippen LogP contribution in [-0.4, -0.2) is 85.6 Å². The lowest BCUT2D eigenvalue weighted by Gasteiger charge is -2.49. The van der Waals surface area contributed by atoms with Crippen molar-refractivity contribution in [3.8, 4) is 35.2 Å². The van der Waals surface area contributed by atoms with Crippen molar-refractivity contribution in [3.63, 3.8) is 0 Å². The van der Waals surface area contributed by atoms with E-state index in [2.05, 4.69) is 15.8 Å². The zero-order valence-electron chi connectivity index (χ0n) is 27.3. The number of fused-ring (bicyclic) bond motifs is 2. The van der Waals surface area contributed by atoms with E-state index in [1.165, 1.54) is 13.2 Å². The molecule has 9 nitrogen and oxygen atoms in total. The molecule has 12 heteroatoms. The van der Waals surface area contributed by atoms with E-state index in [1.807, 2.05) is 11.9 Å².